The van der Waals surface area contributed by atoms with E-state index in [-0.39, 0.29) is 10.9 Å². The number of hydrogen-bond acceptors (Lipinski definition) is 5. The van der Waals surface area contributed by atoms with Crippen LogP contribution in [0.4, 0.5) is 5.69 Å². The third-order valence-electron chi connectivity index (χ3n) is 5.27. The summed E-state index contributed by atoms with van der Waals surface area (Å²) < 4.78 is 11.6. The topological polar surface area (TPSA) is 80.3 Å². The minimum Gasteiger partial charge on any atom is -0.451 e. The van der Waals surface area contributed by atoms with Gasteiger partial charge in [0.25, 0.3) is 5.91 Å². The molecule has 6 nitrogen and oxygen atoms in total. The zero-order valence-electron chi connectivity index (χ0n) is 18.6. The minimum atomic E-state index is -0.527. The smallest absolute Gasteiger partial charge is 0.293 e. The number of rotatable bonds is 4. The molecule has 0 radical (unpaired) electrons. The van der Waals surface area contributed by atoms with Crippen molar-refractivity contribution in [2.24, 2.45) is 0 Å². The Morgan fingerprint density at radius 3 is 2.58 bits per heavy atom. The largest absolute Gasteiger partial charge is 0.451 e. The Kier molecular flexibility index (Phi) is 6.73. The van der Waals surface area contributed by atoms with Crippen LogP contribution in [0.5, 0.6) is 0 Å². The van der Waals surface area contributed by atoms with Crippen LogP contribution in [0, 0.1) is 6.92 Å². The average Bonchev–Trinajstić information content (AvgIpc) is 3.49. The van der Waals surface area contributed by atoms with E-state index in [0.717, 1.165) is 11.1 Å². The van der Waals surface area contributed by atoms with Gasteiger partial charge >= 0.3 is 0 Å². The molecule has 36 heavy (non-hydrogen) atoms. The normalized spacial score (nSPS) is 11.0. The molecule has 0 aliphatic rings. The van der Waals surface area contributed by atoms with Crippen LogP contribution >= 0.6 is 47.0 Å². The predicted molar refractivity (Wildman–Crippen MR) is 147 cm³/mol. The van der Waals surface area contributed by atoms with Gasteiger partial charge in [-0.3, -0.25) is 10.1 Å². The van der Waals surface area contributed by atoms with Crippen molar-refractivity contribution in [3.63, 3.8) is 0 Å². The first kappa shape index (κ1) is 24.3. The number of halogens is 3. The molecule has 0 bridgehead atoms. The molecule has 0 fully saturated rings. The summed E-state index contributed by atoms with van der Waals surface area (Å²) >= 11 is 24.0. The molecule has 5 rings (SSSR count). The summed E-state index contributed by atoms with van der Waals surface area (Å²) in [6, 6.07) is 19.2. The van der Waals surface area contributed by atoms with E-state index in [1.54, 1.807) is 42.5 Å². The lowest BCUT2D eigenvalue weighted by Crippen LogP contribution is -2.33. The molecule has 0 aliphatic heterocycles. The van der Waals surface area contributed by atoms with Crippen LogP contribution in [0.2, 0.25) is 15.1 Å². The molecular formula is C26H16Cl3N3O3S. The van der Waals surface area contributed by atoms with Gasteiger partial charge in [-0.05, 0) is 79.3 Å². The highest BCUT2D eigenvalue weighted by Crippen LogP contribution is 2.35. The van der Waals surface area contributed by atoms with E-state index in [1.165, 1.54) is 6.07 Å². The molecule has 0 saturated heterocycles. The second-order valence-electron chi connectivity index (χ2n) is 7.86. The number of benzene rings is 3. The number of aryl methyl sites for hydroxylation is 1. The fourth-order valence-electron chi connectivity index (χ4n) is 3.54. The summed E-state index contributed by atoms with van der Waals surface area (Å²) in [4.78, 5) is 17.2. The Hall–Kier alpha value is -3.36. The first-order chi connectivity index (χ1) is 17.3. The Morgan fingerprint density at radius 2 is 1.75 bits per heavy atom. The van der Waals surface area contributed by atoms with E-state index in [1.807, 2.05) is 25.1 Å². The van der Waals surface area contributed by atoms with Gasteiger partial charge in [-0.1, -0.05) is 46.9 Å². The van der Waals surface area contributed by atoms with Crippen molar-refractivity contribution >= 4 is 74.8 Å². The Labute approximate surface area is 226 Å². The number of nitrogens with one attached hydrogen (secondary N) is 2. The summed E-state index contributed by atoms with van der Waals surface area (Å²) in [5.74, 6) is 0.313. The fourth-order valence-corrected chi connectivity index (χ4v) is 4.34. The number of aromatic nitrogens is 1. The van der Waals surface area contributed by atoms with Crippen molar-refractivity contribution < 1.29 is 13.6 Å². The minimum absolute atomic E-state index is 0.0590. The number of anilines is 1. The summed E-state index contributed by atoms with van der Waals surface area (Å²) in [7, 11) is 0. The Morgan fingerprint density at radius 1 is 0.917 bits per heavy atom. The number of fused-ring (bicyclic) bond motifs is 1. The van der Waals surface area contributed by atoms with Gasteiger partial charge in [-0.15, -0.1) is 0 Å². The number of oxazole rings is 1. The summed E-state index contributed by atoms with van der Waals surface area (Å²) in [6.07, 6.45) is 0. The average molecular weight is 557 g/mol. The van der Waals surface area contributed by atoms with Crippen LogP contribution in [-0.4, -0.2) is 16.0 Å². The van der Waals surface area contributed by atoms with Crippen LogP contribution < -0.4 is 10.6 Å². The molecule has 0 spiro atoms. The molecule has 0 unspecified atom stereocenters. The third-order valence-corrected chi connectivity index (χ3v) is 6.63. The van der Waals surface area contributed by atoms with Crippen molar-refractivity contribution in [3.8, 4) is 22.8 Å². The van der Waals surface area contributed by atoms with Gasteiger partial charge in [0, 0.05) is 11.3 Å². The summed E-state index contributed by atoms with van der Waals surface area (Å²) in [5, 5.41) is 6.82. The monoisotopic (exact) mass is 555 g/mol. The second kappa shape index (κ2) is 9.95. The molecule has 0 aliphatic carbocycles. The summed E-state index contributed by atoms with van der Waals surface area (Å²) in [5.41, 5.74) is 4.20. The first-order valence-corrected chi connectivity index (χ1v) is 12.2. The lowest BCUT2D eigenvalue weighted by molar-refractivity contribution is 0.0951. The maximum Gasteiger partial charge on any atom is 0.293 e. The molecule has 2 N–H and O–H groups in total. The van der Waals surface area contributed by atoms with E-state index < -0.39 is 5.91 Å². The highest BCUT2D eigenvalue weighted by atomic mass is 35.5. The van der Waals surface area contributed by atoms with Crippen molar-refractivity contribution in [1.82, 2.24) is 10.3 Å². The van der Waals surface area contributed by atoms with Gasteiger partial charge in [0.05, 0.1) is 20.6 Å². The molecule has 2 aromatic heterocycles. The highest BCUT2D eigenvalue weighted by Gasteiger charge is 2.17. The molecule has 180 valence electrons. The van der Waals surface area contributed by atoms with Gasteiger partial charge < -0.3 is 14.2 Å². The third kappa shape index (κ3) is 4.96. The van der Waals surface area contributed by atoms with E-state index in [9.17, 15) is 4.79 Å². The highest BCUT2D eigenvalue weighted by molar-refractivity contribution is 7.80. The van der Waals surface area contributed by atoms with Crippen LogP contribution in [-0.2, 0) is 0 Å². The lowest BCUT2D eigenvalue weighted by Gasteiger charge is -2.10. The van der Waals surface area contributed by atoms with E-state index >= 15 is 0 Å². The zero-order valence-corrected chi connectivity index (χ0v) is 21.6. The van der Waals surface area contributed by atoms with Crippen molar-refractivity contribution in [2.75, 3.05) is 5.32 Å². The molecule has 10 heteroatoms. The number of amides is 1. The maximum absolute atomic E-state index is 12.7. The SMILES string of the molecule is Cc1ccc2nc(-c3cc(NC(=S)NC(=O)c4ccc(-c5cccc(Cl)c5Cl)o4)ccc3Cl)oc2c1. The van der Waals surface area contributed by atoms with E-state index in [2.05, 4.69) is 15.6 Å². The molecule has 0 saturated carbocycles. The Bertz CT molecular complexity index is 1640. The fraction of sp³-hybridized carbons (Fsp3) is 0.0385. The summed E-state index contributed by atoms with van der Waals surface area (Å²) in [6.45, 7) is 1.98. The zero-order chi connectivity index (χ0) is 25.4. The molecule has 5 aromatic rings. The van der Waals surface area contributed by atoms with Crippen LogP contribution in [0.1, 0.15) is 16.1 Å². The van der Waals surface area contributed by atoms with Crippen molar-refractivity contribution in [1.29, 1.82) is 0 Å². The quantitative estimate of drug-likeness (QED) is 0.217. The predicted octanol–water partition coefficient (Wildman–Crippen LogP) is 8.15. The van der Waals surface area contributed by atoms with Gasteiger partial charge in [0.1, 0.15) is 11.3 Å². The van der Waals surface area contributed by atoms with Crippen LogP contribution in [0.25, 0.3) is 33.9 Å². The van der Waals surface area contributed by atoms with Crippen molar-refractivity contribution in [3.05, 3.63) is 93.1 Å². The maximum atomic E-state index is 12.7. The molecule has 2 heterocycles. The lowest BCUT2D eigenvalue weighted by atomic mass is 10.2. The standard InChI is InChI=1S/C26H16Cl3N3O3S/c1-13-5-8-19-22(11-13)35-25(31-19)16-12-14(6-7-17(16)27)30-26(36)32-24(33)21-10-9-20(34-21)15-3-2-4-18(28)23(15)29/h2-12H,1H3,(H2,30,32,33,36). The van der Waals surface area contributed by atoms with E-state index in [0.29, 0.717) is 49.1 Å². The molecular weight excluding hydrogens is 541 g/mol. The van der Waals surface area contributed by atoms with Gasteiger partial charge in [0.15, 0.2) is 16.5 Å². The number of carbonyl (C=O) groups excluding carboxylic acids is 1. The number of thiocarbonyl (C=S) groups is 1. The molecule has 3 aromatic carbocycles. The number of hydrogen-bond donors (Lipinski definition) is 2. The van der Waals surface area contributed by atoms with Crippen LogP contribution in [0.3, 0.4) is 0 Å². The first-order valence-electron chi connectivity index (χ1n) is 10.6. The van der Waals surface area contributed by atoms with Crippen molar-refractivity contribution in [2.45, 2.75) is 6.92 Å². The number of nitrogens with zero attached hydrogens (tertiary/aromatic N) is 1. The van der Waals surface area contributed by atoms with Gasteiger partial charge in [-0.2, -0.15) is 0 Å². The number of carbonyl (C=O) groups is 1. The number of furan rings is 1. The second-order valence-corrected chi connectivity index (χ2v) is 9.46. The Balaban J connectivity index is 1.30. The van der Waals surface area contributed by atoms with Gasteiger partial charge in [0.2, 0.25) is 5.89 Å². The van der Waals surface area contributed by atoms with Gasteiger partial charge in [-0.25, -0.2) is 4.98 Å². The van der Waals surface area contributed by atoms with Crippen LogP contribution in [0.15, 0.2) is 75.6 Å². The van der Waals surface area contributed by atoms with E-state index in [4.69, 9.17) is 55.9 Å². The molecule has 0 atom stereocenters. The molecule has 1 amide bonds.